The summed E-state index contributed by atoms with van der Waals surface area (Å²) >= 11 is 0. The zero-order valence-corrected chi connectivity index (χ0v) is 18.3. The summed E-state index contributed by atoms with van der Waals surface area (Å²) in [6.45, 7) is 8.36. The molecule has 0 atom stereocenters. The van der Waals surface area contributed by atoms with Crippen molar-refractivity contribution in [3.8, 4) is 22.6 Å². The van der Waals surface area contributed by atoms with Crippen LogP contribution in [0.3, 0.4) is 0 Å². The van der Waals surface area contributed by atoms with Crippen LogP contribution >= 0.6 is 0 Å². The molecular weight excluding hydrogens is 366 g/mol. The SMILES string of the molecule is CCc1ccc(-c2ccc(C)cn2)cc1.CCc1ccc(-c2ncc(C)cn2)cc1. The first-order chi connectivity index (χ1) is 14.6. The number of hydrogen-bond donors (Lipinski definition) is 0. The number of aryl methyl sites for hydroxylation is 4. The lowest BCUT2D eigenvalue weighted by Gasteiger charge is -2.02. The van der Waals surface area contributed by atoms with Gasteiger partial charge in [0.2, 0.25) is 0 Å². The van der Waals surface area contributed by atoms with Crippen LogP contribution in [0.5, 0.6) is 0 Å². The molecule has 0 spiro atoms. The van der Waals surface area contributed by atoms with Crippen molar-refractivity contribution in [3.63, 3.8) is 0 Å². The Labute approximate surface area is 179 Å². The van der Waals surface area contributed by atoms with Gasteiger partial charge in [0.05, 0.1) is 5.69 Å². The van der Waals surface area contributed by atoms with Gasteiger partial charge in [-0.05, 0) is 55.0 Å². The van der Waals surface area contributed by atoms with Gasteiger partial charge in [-0.2, -0.15) is 0 Å². The number of nitrogens with zero attached hydrogens (tertiary/aromatic N) is 3. The van der Waals surface area contributed by atoms with Crippen molar-refractivity contribution in [2.24, 2.45) is 0 Å². The van der Waals surface area contributed by atoms with Crippen LogP contribution in [0.1, 0.15) is 36.1 Å². The first-order valence-corrected chi connectivity index (χ1v) is 10.5. The normalized spacial score (nSPS) is 10.3. The van der Waals surface area contributed by atoms with Crippen molar-refractivity contribution >= 4 is 0 Å². The highest BCUT2D eigenvalue weighted by molar-refractivity contribution is 5.59. The van der Waals surface area contributed by atoms with E-state index in [-0.39, 0.29) is 0 Å². The van der Waals surface area contributed by atoms with E-state index < -0.39 is 0 Å². The molecule has 0 aliphatic carbocycles. The molecule has 0 unspecified atom stereocenters. The fraction of sp³-hybridized carbons (Fsp3) is 0.222. The van der Waals surface area contributed by atoms with Crippen LogP contribution in [0.15, 0.2) is 79.3 Å². The Morgan fingerprint density at radius 1 is 0.533 bits per heavy atom. The zero-order valence-electron chi connectivity index (χ0n) is 18.3. The summed E-state index contributed by atoms with van der Waals surface area (Å²) in [6.07, 6.45) is 7.74. The van der Waals surface area contributed by atoms with E-state index in [1.54, 1.807) is 0 Å². The maximum atomic E-state index is 4.40. The third-order valence-electron chi connectivity index (χ3n) is 4.97. The number of aromatic nitrogens is 3. The van der Waals surface area contributed by atoms with Gasteiger partial charge in [0.15, 0.2) is 5.82 Å². The highest BCUT2D eigenvalue weighted by Gasteiger charge is 2.00. The summed E-state index contributed by atoms with van der Waals surface area (Å²) in [5.74, 6) is 0.795. The van der Waals surface area contributed by atoms with Crippen molar-refractivity contribution in [2.45, 2.75) is 40.5 Å². The van der Waals surface area contributed by atoms with Crippen molar-refractivity contribution < 1.29 is 0 Å². The fourth-order valence-corrected chi connectivity index (χ4v) is 2.98. The zero-order chi connectivity index (χ0) is 21.3. The molecule has 4 rings (SSSR count). The van der Waals surface area contributed by atoms with Crippen LogP contribution in [-0.2, 0) is 12.8 Å². The number of hydrogen-bond acceptors (Lipinski definition) is 3. The summed E-state index contributed by atoms with van der Waals surface area (Å²) in [4.78, 5) is 13.0. The third kappa shape index (κ3) is 5.84. The molecule has 3 heteroatoms. The monoisotopic (exact) mass is 395 g/mol. The standard InChI is InChI=1S/C14H15N.C13H14N2/c1-3-12-5-7-13(8-6-12)14-9-4-11(2)10-15-14;1-3-11-4-6-12(7-5-11)13-14-8-10(2)9-15-13/h4-10H,3H2,1-2H3;4-9H,3H2,1-2H3. The fourth-order valence-electron chi connectivity index (χ4n) is 2.98. The van der Waals surface area contributed by atoms with Crippen LogP contribution in [0.4, 0.5) is 0 Å². The predicted molar refractivity (Wildman–Crippen MR) is 125 cm³/mol. The lowest BCUT2D eigenvalue weighted by atomic mass is 10.1. The molecule has 30 heavy (non-hydrogen) atoms. The second kappa shape index (κ2) is 10.4. The first-order valence-electron chi connectivity index (χ1n) is 10.5. The topological polar surface area (TPSA) is 38.7 Å². The van der Waals surface area contributed by atoms with Gasteiger partial charge in [-0.1, -0.05) is 68.4 Å². The Morgan fingerprint density at radius 3 is 1.50 bits per heavy atom. The van der Waals surface area contributed by atoms with Crippen molar-refractivity contribution in [1.29, 1.82) is 0 Å². The summed E-state index contributed by atoms with van der Waals surface area (Å²) < 4.78 is 0. The van der Waals surface area contributed by atoms with E-state index in [1.807, 2.05) is 25.5 Å². The lowest BCUT2D eigenvalue weighted by Crippen LogP contribution is -1.89. The molecule has 0 fully saturated rings. The smallest absolute Gasteiger partial charge is 0.159 e. The molecule has 0 aliphatic heterocycles. The minimum absolute atomic E-state index is 0.795. The Bertz CT molecular complexity index is 944. The molecule has 2 heterocycles. The van der Waals surface area contributed by atoms with Gasteiger partial charge in [0, 0.05) is 29.7 Å². The summed E-state index contributed by atoms with van der Waals surface area (Å²) in [6, 6.07) is 21.1. The van der Waals surface area contributed by atoms with E-state index in [9.17, 15) is 0 Å². The first kappa shape index (κ1) is 21.4. The molecule has 0 N–H and O–H groups in total. The van der Waals surface area contributed by atoms with Gasteiger partial charge < -0.3 is 0 Å². The summed E-state index contributed by atoms with van der Waals surface area (Å²) in [7, 11) is 0. The predicted octanol–water partition coefficient (Wildman–Crippen LogP) is 6.63. The van der Waals surface area contributed by atoms with Crippen molar-refractivity contribution in [3.05, 3.63) is 102 Å². The van der Waals surface area contributed by atoms with E-state index in [0.717, 1.165) is 35.5 Å². The van der Waals surface area contributed by atoms with E-state index in [1.165, 1.54) is 22.3 Å². The van der Waals surface area contributed by atoms with E-state index in [4.69, 9.17) is 0 Å². The maximum absolute atomic E-state index is 4.40. The largest absolute Gasteiger partial charge is 0.256 e. The van der Waals surface area contributed by atoms with Gasteiger partial charge in [-0.25, -0.2) is 9.97 Å². The lowest BCUT2D eigenvalue weighted by molar-refractivity contribution is 1.12. The van der Waals surface area contributed by atoms with Crippen LogP contribution in [0.25, 0.3) is 22.6 Å². The average molecular weight is 396 g/mol. The molecule has 0 radical (unpaired) electrons. The van der Waals surface area contributed by atoms with Crippen LogP contribution in [0, 0.1) is 13.8 Å². The second-order valence-corrected chi connectivity index (χ2v) is 7.41. The molecule has 4 aromatic rings. The molecule has 0 saturated carbocycles. The molecule has 0 saturated heterocycles. The second-order valence-electron chi connectivity index (χ2n) is 7.41. The van der Waals surface area contributed by atoms with Gasteiger partial charge >= 0.3 is 0 Å². The Hall–Kier alpha value is -3.33. The molecule has 2 aromatic carbocycles. The van der Waals surface area contributed by atoms with E-state index in [0.29, 0.717) is 0 Å². The van der Waals surface area contributed by atoms with E-state index in [2.05, 4.69) is 96.4 Å². The Balaban J connectivity index is 0.000000171. The van der Waals surface area contributed by atoms with Gasteiger partial charge in [-0.3, -0.25) is 4.98 Å². The molecule has 3 nitrogen and oxygen atoms in total. The maximum Gasteiger partial charge on any atom is 0.159 e. The molecule has 2 aromatic heterocycles. The molecular formula is C27H29N3. The molecule has 0 bridgehead atoms. The van der Waals surface area contributed by atoms with Crippen LogP contribution in [0.2, 0.25) is 0 Å². The summed E-state index contributed by atoms with van der Waals surface area (Å²) in [5, 5.41) is 0. The van der Waals surface area contributed by atoms with Crippen LogP contribution in [-0.4, -0.2) is 15.0 Å². The van der Waals surface area contributed by atoms with Crippen molar-refractivity contribution in [2.75, 3.05) is 0 Å². The number of benzene rings is 2. The van der Waals surface area contributed by atoms with E-state index >= 15 is 0 Å². The number of rotatable bonds is 4. The molecule has 0 amide bonds. The van der Waals surface area contributed by atoms with Crippen LogP contribution < -0.4 is 0 Å². The van der Waals surface area contributed by atoms with Crippen molar-refractivity contribution in [1.82, 2.24) is 15.0 Å². The minimum Gasteiger partial charge on any atom is -0.256 e. The number of pyridine rings is 1. The Kier molecular flexibility index (Phi) is 7.45. The molecule has 0 aliphatic rings. The quantitative estimate of drug-likeness (QED) is 0.389. The highest BCUT2D eigenvalue weighted by Crippen LogP contribution is 2.18. The average Bonchev–Trinajstić information content (AvgIpc) is 2.81. The highest BCUT2D eigenvalue weighted by atomic mass is 14.9. The van der Waals surface area contributed by atoms with Gasteiger partial charge in [0.25, 0.3) is 0 Å². The molecule has 152 valence electrons. The third-order valence-corrected chi connectivity index (χ3v) is 4.97. The van der Waals surface area contributed by atoms with Gasteiger partial charge in [-0.15, -0.1) is 0 Å². The van der Waals surface area contributed by atoms with Gasteiger partial charge in [0.1, 0.15) is 0 Å². The summed E-state index contributed by atoms with van der Waals surface area (Å²) in [5.41, 5.74) is 8.30. The minimum atomic E-state index is 0.795. The Morgan fingerprint density at radius 2 is 1.03 bits per heavy atom.